The van der Waals surface area contributed by atoms with Crippen molar-refractivity contribution >= 4 is 40.8 Å². The highest BCUT2D eigenvalue weighted by atomic mass is 19.1. The summed E-state index contributed by atoms with van der Waals surface area (Å²) >= 11 is 0. The van der Waals surface area contributed by atoms with Crippen molar-refractivity contribution in [3.05, 3.63) is 17.1 Å². The average molecular weight is 534 g/mol. The van der Waals surface area contributed by atoms with E-state index in [2.05, 4.69) is 10.3 Å². The van der Waals surface area contributed by atoms with Crippen molar-refractivity contribution in [3.63, 3.8) is 0 Å². The van der Waals surface area contributed by atoms with Crippen LogP contribution in [0.15, 0.2) is 0 Å². The number of rotatable bonds is 5. The molecule has 1 heterocycles. The molecule has 14 heteroatoms. The molecule has 2 saturated carbocycles. The van der Waals surface area contributed by atoms with Crippen LogP contribution in [0.5, 0.6) is 5.75 Å². The van der Waals surface area contributed by atoms with Crippen molar-refractivity contribution < 1.29 is 43.4 Å². The molecule has 0 aliphatic heterocycles. The first-order valence-electron chi connectivity index (χ1n) is 11.8. The molecule has 0 aromatic carbocycles. The van der Waals surface area contributed by atoms with E-state index in [9.17, 15) is 39.0 Å². The second kappa shape index (κ2) is 9.29. The van der Waals surface area contributed by atoms with Crippen LogP contribution in [-0.2, 0) is 30.4 Å². The van der Waals surface area contributed by atoms with Crippen LogP contribution in [0.4, 0.5) is 10.2 Å². The van der Waals surface area contributed by atoms with E-state index in [1.54, 1.807) is 14.1 Å². The fourth-order valence-corrected chi connectivity index (χ4v) is 6.06. The van der Waals surface area contributed by atoms with Crippen LogP contribution in [0.3, 0.4) is 0 Å². The molecule has 204 valence electrons. The van der Waals surface area contributed by atoms with Gasteiger partial charge in [-0.1, -0.05) is 0 Å². The Labute approximate surface area is 216 Å². The van der Waals surface area contributed by atoms with Gasteiger partial charge in [0.15, 0.2) is 46.2 Å². The average Bonchev–Trinajstić information content (AvgIpc) is 2.78. The third-order valence-corrected chi connectivity index (χ3v) is 7.59. The molecule has 0 saturated heterocycles. The maximum absolute atomic E-state index is 15.1. The molecule has 2 fully saturated rings. The first kappa shape index (κ1) is 27.4. The molecular formula is C24H28FN5O8. The van der Waals surface area contributed by atoms with Gasteiger partial charge < -0.3 is 26.2 Å². The molecule has 6 atom stereocenters. The summed E-state index contributed by atoms with van der Waals surface area (Å²) in [4.78, 5) is 84.2. The summed E-state index contributed by atoms with van der Waals surface area (Å²) < 4.78 is 15.1. The van der Waals surface area contributed by atoms with Gasteiger partial charge in [0.25, 0.3) is 0 Å². The number of amides is 2. The van der Waals surface area contributed by atoms with Crippen LogP contribution >= 0.6 is 0 Å². The molecule has 4 rings (SSSR count). The van der Waals surface area contributed by atoms with E-state index in [1.807, 2.05) is 0 Å². The van der Waals surface area contributed by atoms with Crippen molar-refractivity contribution in [2.24, 2.45) is 29.4 Å². The van der Waals surface area contributed by atoms with E-state index in [0.717, 1.165) is 0 Å². The monoisotopic (exact) mass is 533 g/mol. The first-order valence-corrected chi connectivity index (χ1v) is 11.8. The van der Waals surface area contributed by atoms with E-state index in [-0.39, 0.29) is 24.9 Å². The summed E-state index contributed by atoms with van der Waals surface area (Å²) in [6.45, 7) is -0.139. The summed E-state index contributed by atoms with van der Waals surface area (Å²) in [5.74, 6) is -15.3. The molecule has 13 nitrogen and oxygen atoms in total. The van der Waals surface area contributed by atoms with Gasteiger partial charge in [-0.3, -0.25) is 33.7 Å². The second-order valence-corrected chi connectivity index (χ2v) is 10.5. The number of nitrogens with two attached hydrogens (primary N) is 1. The van der Waals surface area contributed by atoms with Crippen LogP contribution < -0.4 is 11.1 Å². The number of Topliss-reactive ketones (excluding diaryl/α,β-unsaturated/α-hetero) is 4. The van der Waals surface area contributed by atoms with Crippen molar-refractivity contribution in [1.82, 2.24) is 14.8 Å². The summed E-state index contributed by atoms with van der Waals surface area (Å²) in [6.07, 6.45) is -0.491. The Hall–Kier alpha value is -3.62. The van der Waals surface area contributed by atoms with Crippen LogP contribution in [-0.4, -0.2) is 106 Å². The quantitative estimate of drug-likeness (QED) is 0.239. The number of hydrogen-bond acceptors (Lipinski definition) is 11. The van der Waals surface area contributed by atoms with Gasteiger partial charge in [0.1, 0.15) is 0 Å². The minimum atomic E-state index is -2.89. The Morgan fingerprint density at radius 3 is 2.34 bits per heavy atom. The molecule has 38 heavy (non-hydrogen) atoms. The minimum Gasteiger partial charge on any atom is -0.504 e. The Kier molecular flexibility index (Phi) is 6.70. The van der Waals surface area contributed by atoms with Gasteiger partial charge in [-0.15, -0.1) is 0 Å². The van der Waals surface area contributed by atoms with Crippen LogP contribution in [0, 0.1) is 29.6 Å². The Balaban J connectivity index is 1.81. The van der Waals surface area contributed by atoms with Gasteiger partial charge in [0.05, 0.1) is 24.1 Å². The number of pyridine rings is 1. The third kappa shape index (κ3) is 3.90. The lowest BCUT2D eigenvalue weighted by atomic mass is 9.52. The molecule has 2 amide bonds. The highest BCUT2D eigenvalue weighted by Crippen LogP contribution is 2.51. The fourth-order valence-electron chi connectivity index (χ4n) is 6.06. The van der Waals surface area contributed by atoms with Gasteiger partial charge in [-0.05, 0) is 47.0 Å². The zero-order chi connectivity index (χ0) is 28.4. The van der Waals surface area contributed by atoms with Crippen LogP contribution in [0.25, 0.3) is 0 Å². The molecule has 2 unspecified atom stereocenters. The number of anilines is 1. The number of aromatic nitrogens is 1. The molecule has 3 aliphatic rings. The summed E-state index contributed by atoms with van der Waals surface area (Å²) in [5, 5.41) is 24.5. The number of aromatic hydroxyl groups is 1. The largest absolute Gasteiger partial charge is 0.504 e. The number of halogens is 1. The van der Waals surface area contributed by atoms with Gasteiger partial charge >= 0.3 is 0 Å². The van der Waals surface area contributed by atoms with E-state index < -0.39 is 93.3 Å². The predicted octanol–water partition coefficient (Wildman–Crippen LogP) is -2.10. The molecule has 1 aromatic heterocycles. The number of carbonyl (C=O) groups excluding carboxylic acids is 6. The van der Waals surface area contributed by atoms with Gasteiger partial charge in [-0.25, -0.2) is 0 Å². The van der Waals surface area contributed by atoms with E-state index >= 15 is 4.39 Å². The highest BCUT2D eigenvalue weighted by Gasteiger charge is 2.69. The summed E-state index contributed by atoms with van der Waals surface area (Å²) in [6, 6.07) is -1.26. The Bertz CT molecular complexity index is 1300. The van der Waals surface area contributed by atoms with E-state index in [4.69, 9.17) is 5.73 Å². The minimum absolute atomic E-state index is 0.139. The fraction of sp³-hybridized carbons (Fsp3) is 0.542. The van der Waals surface area contributed by atoms with Crippen molar-refractivity contribution in [1.29, 1.82) is 0 Å². The van der Waals surface area contributed by atoms with Crippen LogP contribution in [0.2, 0.25) is 0 Å². The molecular weight excluding hydrogens is 505 g/mol. The highest BCUT2D eigenvalue weighted by molar-refractivity contribution is 6.32. The lowest BCUT2D eigenvalue weighted by molar-refractivity contribution is -0.181. The molecule has 0 bridgehead atoms. The predicted molar refractivity (Wildman–Crippen MR) is 126 cm³/mol. The SMILES string of the molecule is CN(C)CC(=O)Nc1nc(F)c2c(c1O)C(=O)C1C(=O)[C@]3(O)C(=O)C(C(N)=O)C(=O)[C@@H](N(C)C)[C@@H]3C[C@@H]1C2. The number of carbonyl (C=O) groups is 6. The topological polar surface area (TPSA) is 200 Å². The molecule has 1 aromatic rings. The van der Waals surface area contributed by atoms with Crippen molar-refractivity contribution in [3.8, 4) is 5.75 Å². The lowest BCUT2D eigenvalue weighted by Crippen LogP contribution is -2.74. The number of hydrogen-bond donors (Lipinski definition) is 4. The van der Waals surface area contributed by atoms with Crippen molar-refractivity contribution in [2.45, 2.75) is 24.5 Å². The lowest BCUT2D eigenvalue weighted by Gasteiger charge is -2.52. The zero-order valence-electron chi connectivity index (χ0n) is 21.1. The van der Waals surface area contributed by atoms with Crippen LogP contribution in [0.1, 0.15) is 22.3 Å². The number of fused-ring (bicyclic) bond motifs is 3. The Morgan fingerprint density at radius 1 is 1.16 bits per heavy atom. The van der Waals surface area contributed by atoms with Gasteiger partial charge in [0.2, 0.25) is 17.8 Å². The number of likely N-dealkylation sites (N-methyl/N-ethyl adjacent to an activating group) is 2. The number of aliphatic hydroxyl groups is 1. The van der Waals surface area contributed by atoms with Gasteiger partial charge in [-0.2, -0.15) is 9.37 Å². The molecule has 5 N–H and O–H groups in total. The first-order chi connectivity index (χ1) is 17.6. The number of nitrogens with zero attached hydrogens (tertiary/aromatic N) is 3. The molecule has 3 aliphatic carbocycles. The Morgan fingerprint density at radius 2 is 1.79 bits per heavy atom. The second-order valence-electron chi connectivity index (χ2n) is 10.5. The standard InChI is InChI=1S/C24H28FN5O8/c1-29(2)7-11(31)27-23-18(34)13-9(21(25)28-23)5-8-6-10-15(30(3)4)17(33)14(22(26)37)20(36)24(10,38)19(35)12(8)16(13)32/h8,10,12,14-15,34,38H,5-7H2,1-4H3,(H2,26,37)(H,27,28,31)/t8-,10-,12?,14?,15-,24-/m0/s1. The maximum Gasteiger partial charge on any atom is 0.239 e. The number of nitrogens with one attached hydrogen (secondary N) is 1. The van der Waals surface area contributed by atoms with Crippen molar-refractivity contribution in [2.75, 3.05) is 40.1 Å². The third-order valence-electron chi connectivity index (χ3n) is 7.59. The molecule has 0 radical (unpaired) electrons. The van der Waals surface area contributed by atoms with E-state index in [1.165, 1.54) is 23.9 Å². The number of primary amides is 1. The molecule has 0 spiro atoms. The maximum atomic E-state index is 15.1. The smallest absolute Gasteiger partial charge is 0.239 e. The summed E-state index contributed by atoms with van der Waals surface area (Å²) in [5.41, 5.74) is 1.50. The zero-order valence-corrected chi connectivity index (χ0v) is 21.1. The van der Waals surface area contributed by atoms with Gasteiger partial charge in [0, 0.05) is 11.5 Å². The van der Waals surface area contributed by atoms with E-state index in [0.29, 0.717) is 0 Å². The normalized spacial score (nSPS) is 30.7. The number of ketones is 4. The summed E-state index contributed by atoms with van der Waals surface area (Å²) in [7, 11) is 6.12.